The molecule has 0 atom stereocenters. The Hall–Kier alpha value is -10.2. The number of nitrogens with zero attached hydrogens (tertiary/aromatic N) is 4. The summed E-state index contributed by atoms with van der Waals surface area (Å²) in [6.07, 6.45) is 3.05. The molecule has 0 aromatic heterocycles. The van der Waals surface area contributed by atoms with E-state index in [1.807, 2.05) is 0 Å². The van der Waals surface area contributed by atoms with Gasteiger partial charge in [0.25, 0.3) is 5.96 Å². The quantitative estimate of drug-likeness (QED) is 0.0246. The van der Waals surface area contributed by atoms with E-state index >= 15 is 0 Å². The van der Waals surface area contributed by atoms with Crippen LogP contribution in [0, 0.1) is 41.5 Å². The molecule has 0 aliphatic carbocycles. The molecule has 486 valence electrons. The molecule has 0 fully saturated rings. The number of hydrogen-bond donors (Lipinski definition) is 2. The average molecular weight is 1390 g/mol. The summed E-state index contributed by atoms with van der Waals surface area (Å²) in [5.74, 6) is -3.06. The molecule has 9 aromatic carbocycles. The normalized spacial score (nSPS) is 12.3. The number of rotatable bonds is 24. The molecule has 0 saturated heterocycles. The summed E-state index contributed by atoms with van der Waals surface area (Å²) in [6, 6.07) is 44.5. The maximum atomic E-state index is 13.8. The van der Waals surface area contributed by atoms with E-state index in [1.165, 1.54) is 146 Å². The summed E-state index contributed by atoms with van der Waals surface area (Å²) in [4.78, 5) is -1.41. The van der Waals surface area contributed by atoms with Crippen LogP contribution in [0.4, 0.5) is 0 Å². The molecule has 30 heteroatoms. The maximum absolute atomic E-state index is 13.8. The lowest BCUT2D eigenvalue weighted by Gasteiger charge is -2.13. The van der Waals surface area contributed by atoms with Gasteiger partial charge >= 0.3 is 60.7 Å². The standard InChI is InChI=1S/C64H56N6O18S6/c1-43-7-25-55(26-8-43)89(71,72)83-52-22-19-49(61(37-52)86-92(77,78)58-31-13-46(4)14-32-58)40-65-68-64(69-66-41-50-20-23-53(84-90(73,74)56-27-9-44(2)10-28-56)38-62(50)87-93(79,80)59-33-15-47(5)16-34-59)70-67-42-51-21-24-54(85-91(75,76)57-29-11-45(3)12-30-57)39-63(51)88-94(81,82)60-35-17-48(6)18-36-60/h7-42H,1-6H3,(H2,68,69,70)/b65-40+,66-41+,67-42+. The van der Waals surface area contributed by atoms with Gasteiger partial charge in [-0.05, 0) is 151 Å². The lowest BCUT2D eigenvalue weighted by molar-refractivity contribution is 0.472. The van der Waals surface area contributed by atoms with Crippen LogP contribution in [0.2, 0.25) is 0 Å². The van der Waals surface area contributed by atoms with Crippen molar-refractivity contribution in [2.45, 2.75) is 70.9 Å². The molecular weight excluding hydrogens is 1330 g/mol. The number of nitrogens with one attached hydrogen (secondary N) is 2. The highest BCUT2D eigenvalue weighted by Crippen LogP contribution is 2.33. The Labute approximate surface area is 544 Å². The molecule has 2 N–H and O–H groups in total. The van der Waals surface area contributed by atoms with Gasteiger partial charge in [0.05, 0.1) is 18.6 Å². The molecule has 0 radical (unpaired) electrons. The molecule has 0 saturated carbocycles. The van der Waals surface area contributed by atoms with Crippen LogP contribution >= 0.6 is 0 Å². The van der Waals surface area contributed by atoms with Crippen molar-refractivity contribution in [1.82, 2.24) is 10.9 Å². The van der Waals surface area contributed by atoms with Gasteiger partial charge in [0.2, 0.25) is 0 Å². The zero-order valence-electron chi connectivity index (χ0n) is 50.4. The van der Waals surface area contributed by atoms with Crippen molar-refractivity contribution >= 4 is 85.3 Å². The molecule has 0 unspecified atom stereocenters. The predicted octanol–water partition coefficient (Wildman–Crippen LogP) is 10.1. The number of benzene rings is 9. The zero-order valence-corrected chi connectivity index (χ0v) is 55.3. The molecule has 9 aromatic rings. The van der Waals surface area contributed by atoms with E-state index in [4.69, 9.17) is 25.1 Å². The summed E-state index contributed by atoms with van der Waals surface area (Å²) >= 11 is 0. The lowest BCUT2D eigenvalue weighted by atomic mass is 10.2. The summed E-state index contributed by atoms with van der Waals surface area (Å²) in [7, 11) is -27.4. The molecule has 24 nitrogen and oxygen atoms in total. The highest BCUT2D eigenvalue weighted by atomic mass is 32.2. The first kappa shape index (κ1) is 68.1. The third-order valence-corrected chi connectivity index (χ3v) is 20.7. The topological polar surface area (TPSA) is 334 Å². The highest BCUT2D eigenvalue weighted by molar-refractivity contribution is 7.88. The van der Waals surface area contributed by atoms with Crippen LogP contribution in [-0.2, 0) is 60.7 Å². The van der Waals surface area contributed by atoms with E-state index < -0.39 is 83.9 Å². The van der Waals surface area contributed by atoms with Gasteiger partial charge < -0.3 is 25.1 Å². The SMILES string of the molecule is Cc1ccc(S(=O)(=O)Oc2ccc(/C=N/N=C(N/N=C/c3ccc(OS(=O)(=O)c4ccc(C)cc4)cc3OS(=O)(=O)c3ccc(C)cc3)N/N=C/c3ccc(OS(=O)(=O)c4ccc(C)cc4)cc3OS(=O)(=O)c3ccc(C)cc3)c(OS(=O)(=O)c3ccc(C)cc3)c2)cc1. The minimum atomic E-state index is -4.64. The van der Waals surface area contributed by atoms with Gasteiger partial charge in [-0.3, -0.25) is 0 Å². The minimum Gasteiger partial charge on any atom is -0.379 e. The third-order valence-electron chi connectivity index (χ3n) is 13.1. The van der Waals surface area contributed by atoms with Crippen molar-refractivity contribution in [1.29, 1.82) is 0 Å². The van der Waals surface area contributed by atoms with Gasteiger partial charge in [0.15, 0.2) is 17.2 Å². The van der Waals surface area contributed by atoms with Crippen molar-refractivity contribution in [2.75, 3.05) is 0 Å². The van der Waals surface area contributed by atoms with Crippen molar-refractivity contribution in [3.8, 4) is 34.5 Å². The van der Waals surface area contributed by atoms with E-state index in [-0.39, 0.29) is 63.3 Å². The Bertz CT molecular complexity index is 4920. The Morgan fingerprint density at radius 3 is 0.734 bits per heavy atom. The zero-order chi connectivity index (χ0) is 67.6. The Balaban J connectivity index is 1.11. The lowest BCUT2D eigenvalue weighted by Crippen LogP contribution is -2.30. The maximum Gasteiger partial charge on any atom is 0.339 e. The van der Waals surface area contributed by atoms with Gasteiger partial charge in [-0.1, -0.05) is 106 Å². The first-order valence-electron chi connectivity index (χ1n) is 27.6. The second-order valence-electron chi connectivity index (χ2n) is 20.6. The number of aryl methyl sites for hydroxylation is 6. The number of guanidine groups is 1. The molecule has 94 heavy (non-hydrogen) atoms. The van der Waals surface area contributed by atoms with E-state index in [9.17, 15) is 50.5 Å². The molecular formula is C64H56N6O18S6. The highest BCUT2D eigenvalue weighted by Gasteiger charge is 2.26. The molecule has 0 aliphatic rings. The molecule has 0 aliphatic heterocycles. The van der Waals surface area contributed by atoms with Crippen molar-refractivity contribution < 1.29 is 75.6 Å². The molecule has 0 amide bonds. The fraction of sp³-hybridized carbons (Fsp3) is 0.0938. The summed E-state index contributed by atoms with van der Waals surface area (Å²) in [6.45, 7) is 10.5. The minimum absolute atomic E-state index is 0.110. The van der Waals surface area contributed by atoms with Gasteiger partial charge in [0, 0.05) is 34.9 Å². The summed E-state index contributed by atoms with van der Waals surface area (Å²) in [5, 5.41) is 16.6. The van der Waals surface area contributed by atoms with Gasteiger partial charge in [-0.25, -0.2) is 10.9 Å². The summed E-state index contributed by atoms with van der Waals surface area (Å²) in [5.41, 5.74) is 9.23. The fourth-order valence-electron chi connectivity index (χ4n) is 8.03. The van der Waals surface area contributed by atoms with Gasteiger partial charge in [0.1, 0.15) is 46.6 Å². The summed E-state index contributed by atoms with van der Waals surface area (Å²) < 4.78 is 196. The average Bonchev–Trinajstić information content (AvgIpc) is 0.834. The van der Waals surface area contributed by atoms with Gasteiger partial charge in [-0.15, -0.1) is 5.10 Å². The molecule has 0 heterocycles. The first-order chi connectivity index (χ1) is 44.4. The van der Waals surface area contributed by atoms with Crippen molar-refractivity contribution in [3.63, 3.8) is 0 Å². The van der Waals surface area contributed by atoms with E-state index in [1.54, 1.807) is 77.9 Å². The Morgan fingerprint density at radius 2 is 0.500 bits per heavy atom. The van der Waals surface area contributed by atoms with E-state index in [0.717, 1.165) is 70.2 Å². The van der Waals surface area contributed by atoms with E-state index in [2.05, 4.69) is 31.3 Å². The van der Waals surface area contributed by atoms with Crippen LogP contribution in [0.1, 0.15) is 50.1 Å². The van der Waals surface area contributed by atoms with Crippen LogP contribution in [0.15, 0.2) is 250 Å². The Kier molecular flexibility index (Phi) is 20.5. The molecule has 9 rings (SSSR count). The van der Waals surface area contributed by atoms with Crippen LogP contribution in [0.5, 0.6) is 34.5 Å². The first-order valence-corrected chi connectivity index (χ1v) is 36.1. The monoisotopic (exact) mass is 1390 g/mol. The second kappa shape index (κ2) is 28.3. The van der Waals surface area contributed by atoms with Crippen molar-refractivity contribution in [3.05, 3.63) is 250 Å². The molecule has 0 bridgehead atoms. The third kappa shape index (κ3) is 17.9. The molecule has 0 spiro atoms. The van der Waals surface area contributed by atoms with E-state index in [0.29, 0.717) is 0 Å². The smallest absolute Gasteiger partial charge is 0.339 e. The Morgan fingerprint density at radius 1 is 0.287 bits per heavy atom. The van der Waals surface area contributed by atoms with Gasteiger partial charge in [-0.2, -0.15) is 65.8 Å². The predicted molar refractivity (Wildman–Crippen MR) is 350 cm³/mol. The fourth-order valence-corrected chi connectivity index (χ4v) is 13.6. The van der Waals surface area contributed by atoms with Crippen LogP contribution in [0.25, 0.3) is 0 Å². The number of hydrogen-bond acceptors (Lipinski definition) is 22. The largest absolute Gasteiger partial charge is 0.379 e. The van der Waals surface area contributed by atoms with Crippen LogP contribution in [-0.4, -0.2) is 75.1 Å². The van der Waals surface area contributed by atoms with Crippen LogP contribution in [0.3, 0.4) is 0 Å². The second-order valence-corrected chi connectivity index (χ2v) is 29.9. The van der Waals surface area contributed by atoms with Crippen molar-refractivity contribution in [2.24, 2.45) is 20.4 Å². The van der Waals surface area contributed by atoms with Crippen LogP contribution < -0.4 is 36.0 Å². The number of hydrazone groups is 2.